The van der Waals surface area contributed by atoms with Crippen LogP contribution in [-0.4, -0.2) is 48.7 Å². The summed E-state index contributed by atoms with van der Waals surface area (Å²) >= 11 is 0. The van der Waals surface area contributed by atoms with Gasteiger partial charge in [-0.25, -0.2) is 4.79 Å². The molecule has 2 rings (SSSR count). The van der Waals surface area contributed by atoms with Gasteiger partial charge in [-0.05, 0) is 51.7 Å². The summed E-state index contributed by atoms with van der Waals surface area (Å²) in [7, 11) is -3.30. The fraction of sp³-hybridized carbons (Fsp3) is 0.667. The number of nitrogens with one attached hydrogen (secondary N) is 2. The first-order valence-corrected chi connectivity index (χ1v) is 11.3. The molecule has 0 aliphatic carbocycles. The van der Waals surface area contributed by atoms with Gasteiger partial charge < -0.3 is 28.8 Å². The Morgan fingerprint density at radius 2 is 2.18 bits per heavy atom. The maximum absolute atomic E-state index is 12.7. The van der Waals surface area contributed by atoms with Crippen LogP contribution in [0, 0.1) is 0 Å². The Morgan fingerprint density at radius 3 is 2.82 bits per heavy atom. The van der Waals surface area contributed by atoms with Crippen molar-refractivity contribution in [2.75, 3.05) is 31.7 Å². The first-order valence-electron chi connectivity index (χ1n) is 9.69. The predicted octanol–water partition coefficient (Wildman–Crippen LogP) is 3.26. The first-order chi connectivity index (χ1) is 13.5. The zero-order valence-electron chi connectivity index (χ0n) is 16.5. The zero-order valence-corrected chi connectivity index (χ0v) is 17.4. The van der Waals surface area contributed by atoms with Crippen molar-refractivity contribution in [3.8, 4) is 0 Å². The number of H-pyrrole nitrogens is 1. The second kappa shape index (κ2) is 12.1. The number of ether oxygens (including phenoxy) is 2. The molecule has 0 aromatic carbocycles. The third kappa shape index (κ3) is 8.24. The summed E-state index contributed by atoms with van der Waals surface area (Å²) in [5.74, 6) is 1.94. The monoisotopic (exact) mass is 415 g/mol. The van der Waals surface area contributed by atoms with Crippen LogP contribution in [0.3, 0.4) is 0 Å². The van der Waals surface area contributed by atoms with Crippen molar-refractivity contribution in [1.82, 2.24) is 9.97 Å². The lowest BCUT2D eigenvalue weighted by Crippen LogP contribution is -2.28. The summed E-state index contributed by atoms with van der Waals surface area (Å²) in [6, 6.07) is 1.68. The minimum atomic E-state index is -3.30. The highest BCUT2D eigenvalue weighted by Gasteiger charge is 2.22. The number of hydrogen-bond acceptors (Lipinski definition) is 8. The van der Waals surface area contributed by atoms with Gasteiger partial charge >= 0.3 is 13.3 Å². The molecule has 1 aliphatic heterocycles. The summed E-state index contributed by atoms with van der Waals surface area (Å²) < 4.78 is 34.9. The van der Waals surface area contributed by atoms with Crippen LogP contribution >= 0.6 is 7.60 Å². The van der Waals surface area contributed by atoms with Gasteiger partial charge in [0, 0.05) is 25.2 Å². The lowest BCUT2D eigenvalue weighted by atomic mass is 10.2. The van der Waals surface area contributed by atoms with E-state index in [1.165, 1.54) is 12.0 Å². The Hall–Kier alpha value is -1.51. The molecule has 0 bridgehead atoms. The van der Waals surface area contributed by atoms with E-state index in [4.69, 9.17) is 18.5 Å². The molecule has 1 aliphatic rings. The number of hydrogen-bond donors (Lipinski definition) is 2. The Labute approximate surface area is 165 Å². The number of anilines is 1. The number of aromatic nitrogens is 2. The van der Waals surface area contributed by atoms with Gasteiger partial charge in [0.05, 0.1) is 19.3 Å². The maximum Gasteiger partial charge on any atom is 0.353 e. The van der Waals surface area contributed by atoms with Crippen LogP contribution in [0.4, 0.5) is 5.82 Å². The molecule has 1 fully saturated rings. The minimum absolute atomic E-state index is 0.286. The molecule has 9 nitrogen and oxygen atoms in total. The maximum atomic E-state index is 12.7. The Kier molecular flexibility index (Phi) is 9.87. The van der Waals surface area contributed by atoms with Crippen molar-refractivity contribution in [2.24, 2.45) is 0 Å². The van der Waals surface area contributed by atoms with Crippen LogP contribution in [0.5, 0.6) is 0 Å². The normalized spacial score (nSPS) is 19.0. The van der Waals surface area contributed by atoms with Crippen LogP contribution in [-0.2, 0) is 23.1 Å². The van der Waals surface area contributed by atoms with Crippen LogP contribution in [0.1, 0.15) is 39.5 Å². The average molecular weight is 415 g/mol. The number of aromatic amines is 1. The molecule has 28 heavy (non-hydrogen) atoms. The summed E-state index contributed by atoms with van der Waals surface area (Å²) in [6.07, 6.45) is 6.04. The van der Waals surface area contributed by atoms with E-state index in [1.807, 2.05) is 0 Å². The zero-order chi connectivity index (χ0) is 20.2. The topological polar surface area (TPSA) is 112 Å². The van der Waals surface area contributed by atoms with Gasteiger partial charge in [-0.15, -0.1) is 0 Å². The van der Waals surface area contributed by atoms with Crippen molar-refractivity contribution in [3.05, 3.63) is 34.6 Å². The van der Waals surface area contributed by atoms with Gasteiger partial charge in [0.25, 0.3) is 0 Å². The van der Waals surface area contributed by atoms with E-state index in [0.717, 1.165) is 19.3 Å². The summed E-state index contributed by atoms with van der Waals surface area (Å²) in [5.41, 5.74) is -0.414. The second-order valence-corrected chi connectivity index (χ2v) is 8.08. The van der Waals surface area contributed by atoms with Crippen molar-refractivity contribution in [3.63, 3.8) is 0 Å². The second-order valence-electron chi connectivity index (χ2n) is 6.18. The van der Waals surface area contributed by atoms with E-state index in [0.29, 0.717) is 25.4 Å². The molecule has 2 atom stereocenters. The Balaban J connectivity index is 1.99. The fourth-order valence-electron chi connectivity index (χ4n) is 2.72. The summed E-state index contributed by atoms with van der Waals surface area (Å²) in [4.78, 5) is 17.6. The van der Waals surface area contributed by atoms with Crippen LogP contribution in [0.15, 0.2) is 29.0 Å². The largest absolute Gasteiger partial charge is 0.370 e. The van der Waals surface area contributed by atoms with E-state index >= 15 is 0 Å². The van der Waals surface area contributed by atoms with Gasteiger partial charge in [0.15, 0.2) is 6.29 Å². The molecule has 10 heteroatoms. The molecule has 1 aromatic rings. The third-order valence-electron chi connectivity index (χ3n) is 3.97. The molecule has 0 unspecified atom stereocenters. The number of rotatable bonds is 12. The molecule has 2 N–H and O–H groups in total. The lowest BCUT2D eigenvalue weighted by molar-refractivity contribution is -0.178. The van der Waals surface area contributed by atoms with Gasteiger partial charge in [-0.2, -0.15) is 4.98 Å². The highest BCUT2D eigenvalue weighted by molar-refractivity contribution is 7.57. The Bertz CT molecular complexity index is 695. The standard InChI is InChI=1S/C18H30N3O6P/c1-3-25-28(23,26-4-2)14-10-15(27-17-7-5-6-13-24-17)8-11-19-16-9-12-20-18(22)21-16/h9-10,12,14-15,17H,3-8,11,13H2,1-2H3,(H2,19,20,21,22)/b14-10+/t15-,17+/m0/s1. The van der Waals surface area contributed by atoms with E-state index in [2.05, 4.69) is 15.3 Å². The molecule has 158 valence electrons. The van der Waals surface area contributed by atoms with Crippen molar-refractivity contribution in [1.29, 1.82) is 0 Å². The summed E-state index contributed by atoms with van der Waals surface area (Å²) in [5, 5.41) is 3.08. The summed E-state index contributed by atoms with van der Waals surface area (Å²) in [6.45, 7) is 5.28. The first kappa shape index (κ1) is 22.8. The van der Waals surface area contributed by atoms with E-state index < -0.39 is 13.3 Å². The van der Waals surface area contributed by atoms with Crippen LogP contribution in [0.25, 0.3) is 0 Å². The quantitative estimate of drug-likeness (QED) is 0.500. The molecule has 0 saturated carbocycles. The molecule has 2 heterocycles. The van der Waals surface area contributed by atoms with E-state index in [1.54, 1.807) is 26.0 Å². The van der Waals surface area contributed by atoms with Gasteiger partial charge in [-0.3, -0.25) is 4.57 Å². The Morgan fingerprint density at radius 1 is 1.39 bits per heavy atom. The fourth-order valence-corrected chi connectivity index (χ4v) is 4.09. The minimum Gasteiger partial charge on any atom is -0.370 e. The van der Waals surface area contributed by atoms with E-state index in [9.17, 15) is 9.36 Å². The highest BCUT2D eigenvalue weighted by atomic mass is 31.2. The van der Waals surface area contributed by atoms with Crippen molar-refractivity contribution in [2.45, 2.75) is 51.9 Å². The highest BCUT2D eigenvalue weighted by Crippen LogP contribution is 2.49. The lowest BCUT2D eigenvalue weighted by Gasteiger charge is -2.26. The molecular weight excluding hydrogens is 385 g/mol. The van der Waals surface area contributed by atoms with Gasteiger partial charge in [-0.1, -0.05) is 0 Å². The van der Waals surface area contributed by atoms with Crippen molar-refractivity contribution >= 4 is 13.4 Å². The molecule has 1 saturated heterocycles. The van der Waals surface area contributed by atoms with Crippen LogP contribution < -0.4 is 11.0 Å². The average Bonchev–Trinajstić information content (AvgIpc) is 2.67. The van der Waals surface area contributed by atoms with Crippen molar-refractivity contribution < 1.29 is 23.1 Å². The number of nitrogens with zero attached hydrogens (tertiary/aromatic N) is 1. The smallest absolute Gasteiger partial charge is 0.353 e. The van der Waals surface area contributed by atoms with Crippen LogP contribution in [0.2, 0.25) is 0 Å². The molecule has 0 amide bonds. The molecule has 1 aromatic heterocycles. The predicted molar refractivity (Wildman–Crippen MR) is 106 cm³/mol. The van der Waals surface area contributed by atoms with E-state index in [-0.39, 0.29) is 25.6 Å². The molecule has 0 spiro atoms. The molecule has 0 radical (unpaired) electrons. The van der Waals surface area contributed by atoms with Gasteiger partial charge in [0.1, 0.15) is 5.82 Å². The molecular formula is C18H30N3O6P. The third-order valence-corrected chi connectivity index (χ3v) is 5.74. The SMILES string of the molecule is CCOP(=O)(/C=C/[C@H](CCNc1cc[nH]c(=O)n1)O[C@@H]1CCCCO1)OCC. The van der Waals surface area contributed by atoms with Gasteiger partial charge in [0.2, 0.25) is 0 Å².